The summed E-state index contributed by atoms with van der Waals surface area (Å²) in [7, 11) is 1.60. The molecule has 1 saturated heterocycles. The maximum Gasteiger partial charge on any atom is 0.319 e. The number of anilines is 1. The third kappa shape index (κ3) is 5.43. The van der Waals surface area contributed by atoms with Crippen LogP contribution in [0.5, 0.6) is 5.75 Å². The van der Waals surface area contributed by atoms with Crippen LogP contribution in [0.3, 0.4) is 0 Å². The van der Waals surface area contributed by atoms with E-state index < -0.39 is 0 Å². The van der Waals surface area contributed by atoms with Gasteiger partial charge in [-0.1, -0.05) is 26.0 Å². The van der Waals surface area contributed by atoms with Crippen LogP contribution in [0, 0.1) is 11.8 Å². The van der Waals surface area contributed by atoms with E-state index in [-0.39, 0.29) is 12.1 Å². The van der Waals surface area contributed by atoms with Gasteiger partial charge in [0.05, 0.1) is 12.8 Å². The number of nitrogens with zero attached hydrogens (tertiary/aromatic N) is 1. The number of carbonyl (C=O) groups excluding carboxylic acids is 1. The number of likely N-dealkylation sites (tertiary alicyclic amines) is 1. The van der Waals surface area contributed by atoms with Gasteiger partial charge in [0.1, 0.15) is 5.75 Å². The summed E-state index contributed by atoms with van der Waals surface area (Å²) >= 11 is 0. The average Bonchev–Trinajstić information content (AvgIpc) is 2.46. The maximum atomic E-state index is 12.2. The Balaban J connectivity index is 1.82. The zero-order valence-corrected chi connectivity index (χ0v) is 14.6. The van der Waals surface area contributed by atoms with E-state index in [0.717, 1.165) is 31.5 Å². The van der Waals surface area contributed by atoms with E-state index in [9.17, 15) is 4.79 Å². The van der Waals surface area contributed by atoms with Crippen molar-refractivity contribution in [1.29, 1.82) is 0 Å². The SMILES string of the molecule is COc1ccccc1NC(=O)N[C@H](C)CN1C[C@H](C)C[C@@H](C)C1. The molecule has 1 aromatic carbocycles. The molecule has 1 aromatic rings. The molecule has 2 N–H and O–H groups in total. The van der Waals surface area contributed by atoms with E-state index in [2.05, 4.69) is 29.4 Å². The minimum Gasteiger partial charge on any atom is -0.495 e. The van der Waals surface area contributed by atoms with Crippen LogP contribution in [0.2, 0.25) is 0 Å². The molecule has 2 rings (SSSR count). The van der Waals surface area contributed by atoms with Crippen molar-refractivity contribution < 1.29 is 9.53 Å². The molecule has 5 heteroatoms. The first-order valence-corrected chi connectivity index (χ1v) is 8.40. The molecule has 0 radical (unpaired) electrons. The van der Waals surface area contributed by atoms with Crippen LogP contribution in [-0.4, -0.2) is 43.7 Å². The molecule has 128 valence electrons. The highest BCUT2D eigenvalue weighted by molar-refractivity contribution is 5.91. The normalized spacial score (nSPS) is 23.1. The van der Waals surface area contributed by atoms with Gasteiger partial charge in [0.15, 0.2) is 0 Å². The van der Waals surface area contributed by atoms with Gasteiger partial charge in [-0.05, 0) is 37.3 Å². The monoisotopic (exact) mass is 319 g/mol. The lowest BCUT2D eigenvalue weighted by Crippen LogP contribution is -2.47. The molecule has 0 aliphatic carbocycles. The van der Waals surface area contributed by atoms with Gasteiger partial charge in [-0.3, -0.25) is 0 Å². The lowest BCUT2D eigenvalue weighted by molar-refractivity contribution is 0.132. The molecule has 1 fully saturated rings. The van der Waals surface area contributed by atoms with E-state index in [1.807, 2.05) is 31.2 Å². The van der Waals surface area contributed by atoms with Crippen LogP contribution < -0.4 is 15.4 Å². The number of methoxy groups -OCH3 is 1. The van der Waals surface area contributed by atoms with Crippen molar-refractivity contribution in [2.24, 2.45) is 11.8 Å². The first-order valence-electron chi connectivity index (χ1n) is 8.40. The Morgan fingerprint density at radius 2 is 1.96 bits per heavy atom. The van der Waals surface area contributed by atoms with Crippen molar-refractivity contribution in [1.82, 2.24) is 10.2 Å². The van der Waals surface area contributed by atoms with Crippen molar-refractivity contribution in [2.45, 2.75) is 33.2 Å². The summed E-state index contributed by atoms with van der Waals surface area (Å²) < 4.78 is 5.25. The molecule has 1 aliphatic heterocycles. The summed E-state index contributed by atoms with van der Waals surface area (Å²) in [5.74, 6) is 2.12. The average molecular weight is 319 g/mol. The quantitative estimate of drug-likeness (QED) is 0.876. The Kier molecular flexibility index (Phi) is 6.28. The molecule has 5 nitrogen and oxygen atoms in total. The van der Waals surface area contributed by atoms with Gasteiger partial charge in [0.25, 0.3) is 0 Å². The molecule has 0 spiro atoms. The molecule has 0 aromatic heterocycles. The second-order valence-corrected chi connectivity index (χ2v) is 6.86. The number of para-hydroxylation sites is 2. The number of rotatable bonds is 5. The summed E-state index contributed by atoms with van der Waals surface area (Å²) in [5.41, 5.74) is 0.680. The zero-order valence-electron chi connectivity index (χ0n) is 14.6. The number of piperidine rings is 1. The predicted molar refractivity (Wildman–Crippen MR) is 94.0 cm³/mol. The minimum absolute atomic E-state index is 0.0993. The number of nitrogens with one attached hydrogen (secondary N) is 2. The molecule has 1 heterocycles. The standard InChI is InChI=1S/C18H29N3O2/c1-13-9-14(2)11-21(10-13)12-15(3)19-18(22)20-16-7-5-6-8-17(16)23-4/h5-8,13-15H,9-12H2,1-4H3,(H2,19,20,22)/t13-,14-,15-/m1/s1. The Morgan fingerprint density at radius 1 is 1.30 bits per heavy atom. The highest BCUT2D eigenvalue weighted by atomic mass is 16.5. The van der Waals surface area contributed by atoms with E-state index in [1.165, 1.54) is 6.42 Å². The van der Waals surface area contributed by atoms with Crippen molar-refractivity contribution >= 4 is 11.7 Å². The van der Waals surface area contributed by atoms with Crippen LogP contribution >= 0.6 is 0 Å². The molecular weight excluding hydrogens is 290 g/mol. The number of benzene rings is 1. The van der Waals surface area contributed by atoms with Gasteiger partial charge in [0.2, 0.25) is 0 Å². The van der Waals surface area contributed by atoms with Crippen LogP contribution in [0.1, 0.15) is 27.2 Å². The number of amides is 2. The molecule has 0 saturated carbocycles. The Labute approximate surface area is 139 Å². The van der Waals surface area contributed by atoms with Crippen molar-refractivity contribution in [3.63, 3.8) is 0 Å². The van der Waals surface area contributed by atoms with Gasteiger partial charge in [0, 0.05) is 25.7 Å². The number of urea groups is 1. The summed E-state index contributed by atoms with van der Waals surface area (Å²) in [6.07, 6.45) is 1.30. The first kappa shape index (κ1) is 17.6. The second-order valence-electron chi connectivity index (χ2n) is 6.86. The lowest BCUT2D eigenvalue weighted by Gasteiger charge is -2.36. The highest BCUT2D eigenvalue weighted by Gasteiger charge is 2.23. The largest absolute Gasteiger partial charge is 0.495 e. The predicted octanol–water partition coefficient (Wildman–Crippen LogP) is 3.18. The van der Waals surface area contributed by atoms with Gasteiger partial charge >= 0.3 is 6.03 Å². The van der Waals surface area contributed by atoms with E-state index in [4.69, 9.17) is 4.74 Å². The fraction of sp³-hybridized carbons (Fsp3) is 0.611. The molecule has 1 aliphatic rings. The molecule has 0 bridgehead atoms. The maximum absolute atomic E-state index is 12.2. The minimum atomic E-state index is -0.194. The third-order valence-corrected chi connectivity index (χ3v) is 4.21. The fourth-order valence-corrected chi connectivity index (χ4v) is 3.50. The van der Waals surface area contributed by atoms with Crippen molar-refractivity contribution in [3.05, 3.63) is 24.3 Å². The second kappa shape index (κ2) is 8.20. The number of ether oxygens (including phenoxy) is 1. The highest BCUT2D eigenvalue weighted by Crippen LogP contribution is 2.23. The number of hydrogen-bond donors (Lipinski definition) is 2. The van der Waals surface area contributed by atoms with E-state index in [1.54, 1.807) is 7.11 Å². The Bertz CT molecular complexity index is 511. The summed E-state index contributed by atoms with van der Waals surface area (Å²) in [6, 6.07) is 7.32. The fourth-order valence-electron chi connectivity index (χ4n) is 3.50. The van der Waals surface area contributed by atoms with Crippen LogP contribution in [0.25, 0.3) is 0 Å². The number of hydrogen-bond acceptors (Lipinski definition) is 3. The van der Waals surface area contributed by atoms with Crippen molar-refractivity contribution in [3.8, 4) is 5.75 Å². The molecular formula is C18H29N3O2. The van der Waals surface area contributed by atoms with Crippen LogP contribution in [0.4, 0.5) is 10.5 Å². The summed E-state index contributed by atoms with van der Waals surface area (Å²) in [5, 5.41) is 5.86. The third-order valence-electron chi connectivity index (χ3n) is 4.21. The van der Waals surface area contributed by atoms with Gasteiger partial charge in [-0.2, -0.15) is 0 Å². The molecule has 0 unspecified atom stereocenters. The zero-order chi connectivity index (χ0) is 16.8. The molecule has 3 atom stereocenters. The first-order chi connectivity index (χ1) is 11.0. The topological polar surface area (TPSA) is 53.6 Å². The van der Waals surface area contributed by atoms with Gasteiger partial charge in [-0.15, -0.1) is 0 Å². The molecule has 23 heavy (non-hydrogen) atoms. The summed E-state index contributed by atoms with van der Waals surface area (Å²) in [6.45, 7) is 9.76. The Morgan fingerprint density at radius 3 is 2.61 bits per heavy atom. The van der Waals surface area contributed by atoms with Crippen LogP contribution in [-0.2, 0) is 0 Å². The van der Waals surface area contributed by atoms with Crippen LogP contribution in [0.15, 0.2) is 24.3 Å². The molecule has 2 amide bonds. The lowest BCUT2D eigenvalue weighted by atomic mass is 9.92. The smallest absolute Gasteiger partial charge is 0.319 e. The van der Waals surface area contributed by atoms with Crippen molar-refractivity contribution in [2.75, 3.05) is 32.1 Å². The summed E-state index contributed by atoms with van der Waals surface area (Å²) in [4.78, 5) is 14.6. The van der Waals surface area contributed by atoms with Gasteiger partial charge in [-0.25, -0.2) is 4.79 Å². The van der Waals surface area contributed by atoms with E-state index >= 15 is 0 Å². The van der Waals surface area contributed by atoms with Gasteiger partial charge < -0.3 is 20.3 Å². The number of carbonyl (C=O) groups is 1. The Hall–Kier alpha value is -1.75. The van der Waals surface area contributed by atoms with E-state index in [0.29, 0.717) is 11.4 Å².